The van der Waals surface area contributed by atoms with Gasteiger partial charge in [0.2, 0.25) is 0 Å². The minimum absolute atomic E-state index is 0.112. The Labute approximate surface area is 246 Å². The molecule has 2 aromatic heterocycles. The van der Waals surface area contributed by atoms with Crippen molar-refractivity contribution in [2.45, 2.75) is 57.1 Å². The second-order valence-electron chi connectivity index (χ2n) is 11.3. The molecule has 0 saturated carbocycles. The van der Waals surface area contributed by atoms with Crippen LogP contribution < -0.4 is 9.47 Å². The standard InChI is InChI=1S/C31H30ClFN4O5/c1-31(22-4-3-20(32)15-23(22)33)41-26-6-10-34-28(29(26)42-31)18-7-11-36(12-8-18)17-27-35-24-5-2-19(30(38)39)14-25(24)37(27)16-21-9-13-40-21/h2-6,10,14-15,18,21H,7-9,11-13,16-17H2,1H3,(H,38,39)/t21-,31+/m0/s1. The minimum Gasteiger partial charge on any atom is -0.478 e. The van der Waals surface area contributed by atoms with Gasteiger partial charge in [0.15, 0.2) is 11.5 Å². The first kappa shape index (κ1) is 27.1. The Morgan fingerprint density at radius 3 is 2.67 bits per heavy atom. The van der Waals surface area contributed by atoms with Gasteiger partial charge >= 0.3 is 5.97 Å². The first-order valence-electron chi connectivity index (χ1n) is 14.2. The molecule has 42 heavy (non-hydrogen) atoms. The van der Waals surface area contributed by atoms with Crippen molar-refractivity contribution in [1.29, 1.82) is 0 Å². The largest absolute Gasteiger partial charge is 0.478 e. The van der Waals surface area contributed by atoms with Crippen LogP contribution in [0.25, 0.3) is 11.0 Å². The van der Waals surface area contributed by atoms with Crippen LogP contribution in [-0.2, 0) is 23.6 Å². The maximum absolute atomic E-state index is 14.8. The number of piperidine rings is 1. The summed E-state index contributed by atoms with van der Waals surface area (Å²) in [7, 11) is 0. The van der Waals surface area contributed by atoms with Crippen LogP contribution in [0.5, 0.6) is 11.5 Å². The third-order valence-electron chi connectivity index (χ3n) is 8.51. The van der Waals surface area contributed by atoms with Crippen molar-refractivity contribution in [3.05, 3.63) is 82.1 Å². The highest BCUT2D eigenvalue weighted by Gasteiger charge is 2.43. The third kappa shape index (κ3) is 4.87. The lowest BCUT2D eigenvalue weighted by Gasteiger charge is -2.32. The number of halogens is 2. The van der Waals surface area contributed by atoms with Gasteiger partial charge in [0, 0.05) is 36.7 Å². The Kier molecular flexibility index (Phi) is 6.79. The Morgan fingerprint density at radius 2 is 1.95 bits per heavy atom. The van der Waals surface area contributed by atoms with E-state index in [1.807, 2.05) is 0 Å². The van der Waals surface area contributed by atoms with Crippen LogP contribution in [0, 0.1) is 5.82 Å². The fourth-order valence-corrected chi connectivity index (χ4v) is 6.30. The van der Waals surface area contributed by atoms with Crippen LogP contribution in [0.4, 0.5) is 4.39 Å². The molecule has 1 N–H and O–H groups in total. The van der Waals surface area contributed by atoms with E-state index in [1.54, 1.807) is 49.5 Å². The van der Waals surface area contributed by atoms with E-state index in [1.165, 1.54) is 6.07 Å². The van der Waals surface area contributed by atoms with Crippen LogP contribution in [0.2, 0.25) is 5.02 Å². The highest BCUT2D eigenvalue weighted by Crippen LogP contribution is 2.49. The van der Waals surface area contributed by atoms with E-state index in [4.69, 9.17) is 30.8 Å². The summed E-state index contributed by atoms with van der Waals surface area (Å²) in [6.07, 6.45) is 4.51. The molecule has 3 aliphatic rings. The number of hydrogen-bond acceptors (Lipinski definition) is 7. The molecule has 0 aliphatic carbocycles. The maximum Gasteiger partial charge on any atom is 0.335 e. The van der Waals surface area contributed by atoms with Gasteiger partial charge in [0.05, 0.1) is 47.0 Å². The average Bonchev–Trinajstić information content (AvgIpc) is 3.47. The van der Waals surface area contributed by atoms with Crippen molar-refractivity contribution >= 4 is 28.6 Å². The zero-order valence-corrected chi connectivity index (χ0v) is 23.8. The first-order valence-corrected chi connectivity index (χ1v) is 14.5. The van der Waals surface area contributed by atoms with Gasteiger partial charge in [-0.15, -0.1) is 0 Å². The van der Waals surface area contributed by atoms with Crippen molar-refractivity contribution in [1.82, 2.24) is 19.4 Å². The molecule has 5 heterocycles. The molecular weight excluding hydrogens is 563 g/mol. The number of hydrogen-bond donors (Lipinski definition) is 1. The number of aromatic nitrogens is 3. The number of pyridine rings is 1. The predicted octanol–water partition coefficient (Wildman–Crippen LogP) is 5.73. The van der Waals surface area contributed by atoms with Gasteiger partial charge in [-0.05, 0) is 68.8 Å². The maximum atomic E-state index is 14.8. The number of benzene rings is 2. The number of carbonyl (C=O) groups is 1. The summed E-state index contributed by atoms with van der Waals surface area (Å²) in [5.74, 6) is -0.609. The molecule has 0 unspecified atom stereocenters. The van der Waals surface area contributed by atoms with Gasteiger partial charge in [-0.2, -0.15) is 0 Å². The molecular formula is C31H30ClFN4O5. The van der Waals surface area contributed by atoms with Gasteiger partial charge in [0.25, 0.3) is 5.79 Å². The number of carboxylic acids is 1. The molecule has 0 spiro atoms. The molecule has 2 fully saturated rings. The topological polar surface area (TPSA) is 98.9 Å². The molecule has 2 aromatic carbocycles. The third-order valence-corrected chi connectivity index (χ3v) is 8.75. The Bertz CT molecular complexity index is 1680. The van der Waals surface area contributed by atoms with Crippen molar-refractivity contribution in [3.8, 4) is 11.5 Å². The molecule has 7 rings (SSSR count). The SMILES string of the molecule is C[C@@]1(c2ccc(Cl)cc2F)Oc2ccnc(C3CCN(Cc4nc5ccc(C(=O)O)cc5n4C[C@@H]4CCO4)CC3)c2O1. The number of nitrogens with zero attached hydrogens (tertiary/aromatic N) is 4. The molecule has 0 radical (unpaired) electrons. The summed E-state index contributed by atoms with van der Waals surface area (Å²) in [4.78, 5) is 23.5. The van der Waals surface area contributed by atoms with Gasteiger partial charge in [-0.3, -0.25) is 9.88 Å². The van der Waals surface area contributed by atoms with Gasteiger partial charge in [0.1, 0.15) is 11.6 Å². The fraction of sp³-hybridized carbons (Fsp3) is 0.387. The zero-order chi connectivity index (χ0) is 29.0. The summed E-state index contributed by atoms with van der Waals surface area (Å²) in [6.45, 7) is 5.39. The number of ether oxygens (including phenoxy) is 3. The van der Waals surface area contributed by atoms with Crippen molar-refractivity contribution < 1.29 is 28.5 Å². The Balaban J connectivity index is 1.08. The highest BCUT2D eigenvalue weighted by atomic mass is 35.5. The van der Waals surface area contributed by atoms with E-state index in [-0.39, 0.29) is 23.1 Å². The van der Waals surface area contributed by atoms with Crippen LogP contribution in [-0.4, -0.2) is 56.3 Å². The van der Waals surface area contributed by atoms with E-state index in [0.29, 0.717) is 29.6 Å². The van der Waals surface area contributed by atoms with Gasteiger partial charge in [-0.1, -0.05) is 11.6 Å². The molecule has 9 nitrogen and oxygen atoms in total. The summed E-state index contributed by atoms with van der Waals surface area (Å²) >= 11 is 5.96. The molecule has 2 saturated heterocycles. The number of fused-ring (bicyclic) bond motifs is 2. The number of likely N-dealkylation sites (tertiary alicyclic amines) is 1. The quantitative estimate of drug-likeness (QED) is 0.290. The smallest absolute Gasteiger partial charge is 0.335 e. The molecule has 0 amide bonds. The summed E-state index contributed by atoms with van der Waals surface area (Å²) < 4.78 is 35.0. The van der Waals surface area contributed by atoms with Crippen molar-refractivity contribution in [2.24, 2.45) is 0 Å². The number of carboxylic acid groups (broad SMARTS) is 1. The monoisotopic (exact) mass is 592 g/mol. The average molecular weight is 593 g/mol. The van der Waals surface area contributed by atoms with Crippen molar-refractivity contribution in [2.75, 3.05) is 19.7 Å². The number of aromatic carboxylic acids is 1. The van der Waals surface area contributed by atoms with Crippen LogP contribution in [0.1, 0.15) is 59.5 Å². The molecule has 4 aromatic rings. The van der Waals surface area contributed by atoms with E-state index in [9.17, 15) is 14.3 Å². The lowest BCUT2D eigenvalue weighted by Crippen LogP contribution is -2.35. The number of imidazole rings is 1. The van der Waals surface area contributed by atoms with Crippen LogP contribution >= 0.6 is 11.6 Å². The van der Waals surface area contributed by atoms with E-state index >= 15 is 0 Å². The lowest BCUT2D eigenvalue weighted by atomic mass is 9.92. The summed E-state index contributed by atoms with van der Waals surface area (Å²) in [5.41, 5.74) is 2.94. The summed E-state index contributed by atoms with van der Waals surface area (Å²) in [5, 5.41) is 9.83. The molecule has 3 aliphatic heterocycles. The summed E-state index contributed by atoms with van der Waals surface area (Å²) in [6, 6.07) is 11.3. The molecule has 11 heteroatoms. The Hall–Kier alpha value is -3.73. The molecule has 0 bridgehead atoms. The van der Waals surface area contributed by atoms with Gasteiger partial charge < -0.3 is 23.9 Å². The second kappa shape index (κ2) is 10.5. The van der Waals surface area contributed by atoms with E-state index < -0.39 is 17.6 Å². The fourth-order valence-electron chi connectivity index (χ4n) is 6.14. The highest BCUT2D eigenvalue weighted by molar-refractivity contribution is 6.30. The van der Waals surface area contributed by atoms with Crippen LogP contribution in [0.3, 0.4) is 0 Å². The van der Waals surface area contributed by atoms with Gasteiger partial charge in [-0.25, -0.2) is 14.2 Å². The Morgan fingerprint density at radius 1 is 1.14 bits per heavy atom. The first-order chi connectivity index (χ1) is 20.3. The number of rotatable bonds is 7. The molecule has 218 valence electrons. The van der Waals surface area contributed by atoms with E-state index in [2.05, 4.69) is 14.5 Å². The van der Waals surface area contributed by atoms with Crippen LogP contribution in [0.15, 0.2) is 48.7 Å². The normalized spacial score (nSPS) is 22.4. The molecule has 2 atom stereocenters. The zero-order valence-electron chi connectivity index (χ0n) is 23.1. The second-order valence-corrected chi connectivity index (χ2v) is 11.7. The van der Waals surface area contributed by atoms with E-state index in [0.717, 1.165) is 61.5 Å². The van der Waals surface area contributed by atoms with Crippen molar-refractivity contribution in [3.63, 3.8) is 0 Å². The predicted molar refractivity (Wildman–Crippen MR) is 153 cm³/mol. The minimum atomic E-state index is -1.32. The lowest BCUT2D eigenvalue weighted by molar-refractivity contribution is -0.0713.